The second-order valence-corrected chi connectivity index (χ2v) is 8.66. The second kappa shape index (κ2) is 5.72. The molecule has 0 spiro atoms. The molecule has 2 unspecified atom stereocenters. The molecular weight excluding hydrogens is 522 g/mol. The smallest absolute Gasteiger partial charge is 0.339 e. The Bertz CT molecular complexity index is 825. The van der Waals surface area contributed by atoms with Gasteiger partial charge in [-0.15, -0.1) is 0 Å². The molecule has 0 aromatic heterocycles. The second-order valence-electron chi connectivity index (χ2n) is 8.66. The molecule has 0 aromatic carbocycles. The first-order chi connectivity index (χ1) is 15.2. The summed E-state index contributed by atoms with van der Waals surface area (Å²) < 4.78 is 227. The predicted octanol–water partition coefficient (Wildman–Crippen LogP) is 3.56. The quantitative estimate of drug-likeness (QED) is 0.388. The molecule has 2 atom stereocenters. The summed E-state index contributed by atoms with van der Waals surface area (Å²) in [5.74, 6) is -44.2. The van der Waals surface area contributed by atoms with Crippen LogP contribution in [0.4, 0.5) is 61.5 Å². The van der Waals surface area contributed by atoms with Crippen molar-refractivity contribution in [3.8, 4) is 0 Å². The normalized spacial score (nSPS) is 51.4. The minimum atomic E-state index is -7.65. The summed E-state index contributed by atoms with van der Waals surface area (Å²) in [5.41, 5.74) is -28.0. The number of ether oxygens (including phenoxy) is 4. The van der Waals surface area contributed by atoms with Gasteiger partial charge in [-0.3, -0.25) is 0 Å². The molecule has 34 heavy (non-hydrogen) atoms. The van der Waals surface area contributed by atoms with Crippen molar-refractivity contribution in [2.75, 3.05) is 26.4 Å². The van der Waals surface area contributed by atoms with Crippen LogP contribution >= 0.6 is 0 Å². The minimum absolute atomic E-state index is 0.552. The highest BCUT2D eigenvalue weighted by Gasteiger charge is 3.23. The van der Waals surface area contributed by atoms with Crippen LogP contribution in [0, 0.1) is 0 Å². The van der Waals surface area contributed by atoms with Gasteiger partial charge in [-0.05, 0) is 0 Å². The van der Waals surface area contributed by atoms with Crippen molar-refractivity contribution in [3.05, 3.63) is 0 Å². The lowest BCUT2D eigenvalue weighted by molar-refractivity contribution is -0.629. The maximum absolute atomic E-state index is 15.5. The highest BCUT2D eigenvalue weighted by Crippen LogP contribution is 2.88. The lowest BCUT2D eigenvalue weighted by Crippen LogP contribution is -3.11. The van der Waals surface area contributed by atoms with Crippen molar-refractivity contribution in [2.45, 2.75) is 70.3 Å². The van der Waals surface area contributed by atoms with Gasteiger partial charge in [-0.1, -0.05) is 0 Å². The van der Waals surface area contributed by atoms with Crippen LogP contribution in [-0.2, 0) is 18.9 Å². The van der Waals surface area contributed by atoms with Crippen LogP contribution in [0.3, 0.4) is 0 Å². The third-order valence-corrected chi connectivity index (χ3v) is 7.03. The zero-order chi connectivity index (χ0) is 25.8. The molecule has 6 aliphatic rings. The highest BCUT2D eigenvalue weighted by molar-refractivity contribution is 5.54. The zero-order valence-corrected chi connectivity index (χ0v) is 15.9. The van der Waals surface area contributed by atoms with Crippen molar-refractivity contribution < 1.29 is 80.4 Å². The van der Waals surface area contributed by atoms with E-state index in [1.165, 1.54) is 0 Å². The molecule has 6 rings (SSSR count). The lowest BCUT2D eigenvalue weighted by Gasteiger charge is -2.76. The standard InChI is InChI=1S/C16H10F14O4/c17-7-11(19,20)8(18)13(23,24)9(12(7,21)22,33-3-5-1-31-5)16(29,30)10(14(7,25)26,15(8,27)28)34-4-6-2-32-6/h5-6H,1-4H2. The van der Waals surface area contributed by atoms with Gasteiger partial charge in [0.25, 0.3) is 11.2 Å². The lowest BCUT2D eigenvalue weighted by atomic mass is 9.39. The molecule has 4 saturated carbocycles. The van der Waals surface area contributed by atoms with E-state index >= 15 is 52.7 Å². The van der Waals surface area contributed by atoms with E-state index in [0.717, 1.165) is 0 Å². The van der Waals surface area contributed by atoms with Crippen molar-refractivity contribution >= 4 is 0 Å². The van der Waals surface area contributed by atoms with Crippen LogP contribution in [0.5, 0.6) is 0 Å². The first-order valence-electron chi connectivity index (χ1n) is 9.31. The van der Waals surface area contributed by atoms with E-state index in [0.29, 0.717) is 0 Å². The summed E-state index contributed by atoms with van der Waals surface area (Å²) in [6.07, 6.45) is -3.17. The number of hydrogen-bond donors (Lipinski definition) is 0. The van der Waals surface area contributed by atoms with Crippen LogP contribution in [0.25, 0.3) is 0 Å². The Kier molecular flexibility index (Phi) is 4.13. The van der Waals surface area contributed by atoms with Gasteiger partial charge in [-0.2, -0.15) is 52.7 Å². The van der Waals surface area contributed by atoms with Crippen LogP contribution in [0.2, 0.25) is 0 Å². The molecule has 0 radical (unpaired) electrons. The van der Waals surface area contributed by atoms with Crippen molar-refractivity contribution in [1.29, 1.82) is 0 Å². The fraction of sp³-hybridized carbons (Fsp3) is 1.00. The van der Waals surface area contributed by atoms with Gasteiger partial charge in [0.1, 0.15) is 12.2 Å². The number of hydrogen-bond acceptors (Lipinski definition) is 4. The Hall–Kier alpha value is -1.14. The Morgan fingerprint density at radius 3 is 0.971 bits per heavy atom. The Balaban J connectivity index is 1.91. The molecular formula is C16H10F14O4. The zero-order valence-electron chi connectivity index (χ0n) is 15.9. The average Bonchev–Trinajstić information content (AvgIpc) is 3.57. The van der Waals surface area contributed by atoms with Gasteiger partial charge < -0.3 is 18.9 Å². The summed E-state index contributed by atoms with van der Waals surface area (Å²) in [6, 6.07) is 0. The van der Waals surface area contributed by atoms with E-state index in [1.807, 2.05) is 0 Å². The third-order valence-electron chi connectivity index (χ3n) is 7.03. The highest BCUT2D eigenvalue weighted by atomic mass is 19.3. The minimum Gasteiger partial charge on any atom is -0.371 e. The molecule has 4 bridgehead atoms. The van der Waals surface area contributed by atoms with Gasteiger partial charge in [0.05, 0.1) is 26.4 Å². The third kappa shape index (κ3) is 1.76. The maximum Gasteiger partial charge on any atom is 0.339 e. The summed E-state index contributed by atoms with van der Waals surface area (Å²) in [6.45, 7) is -4.80. The monoisotopic (exact) mass is 532 g/mol. The van der Waals surface area contributed by atoms with E-state index in [1.54, 1.807) is 0 Å². The Labute approximate surface area is 178 Å². The Morgan fingerprint density at radius 1 is 0.471 bits per heavy atom. The summed E-state index contributed by atoms with van der Waals surface area (Å²) in [4.78, 5) is 0. The molecule has 2 saturated heterocycles. The fourth-order valence-electron chi connectivity index (χ4n) is 5.13. The van der Waals surface area contributed by atoms with Crippen molar-refractivity contribution in [3.63, 3.8) is 0 Å². The summed E-state index contributed by atoms with van der Waals surface area (Å²) in [7, 11) is 0. The largest absolute Gasteiger partial charge is 0.371 e. The van der Waals surface area contributed by atoms with Gasteiger partial charge in [0.15, 0.2) is 0 Å². The molecule has 18 heteroatoms. The molecule has 2 aliphatic heterocycles. The predicted molar refractivity (Wildman–Crippen MR) is 74.2 cm³/mol. The fourth-order valence-corrected chi connectivity index (χ4v) is 5.13. The van der Waals surface area contributed by atoms with Crippen molar-refractivity contribution in [2.24, 2.45) is 0 Å². The molecule has 4 aliphatic carbocycles. The summed E-state index contributed by atoms with van der Waals surface area (Å²) in [5, 5.41) is 0. The average molecular weight is 532 g/mol. The van der Waals surface area contributed by atoms with E-state index in [9.17, 15) is 8.78 Å². The number of halogens is 14. The SMILES string of the molecule is FC1(F)C2(F)C(F)(F)C3(OCC4CO4)C(F)(F)C1(F)C(F)(F)C(OCC1CO1)(C2(F)F)C3(F)F. The first kappa shape index (κ1) is 24.5. The van der Waals surface area contributed by atoms with E-state index in [4.69, 9.17) is 0 Å². The molecule has 4 nitrogen and oxygen atoms in total. The van der Waals surface area contributed by atoms with Gasteiger partial charge in [0, 0.05) is 0 Å². The number of rotatable bonds is 6. The molecule has 0 N–H and O–H groups in total. The van der Waals surface area contributed by atoms with E-state index < -0.39 is 96.7 Å². The van der Waals surface area contributed by atoms with Crippen LogP contribution < -0.4 is 0 Å². The van der Waals surface area contributed by atoms with E-state index in [-0.39, 0.29) is 0 Å². The first-order valence-corrected chi connectivity index (χ1v) is 9.31. The van der Waals surface area contributed by atoms with Crippen LogP contribution in [0.15, 0.2) is 0 Å². The van der Waals surface area contributed by atoms with Crippen LogP contribution in [-0.4, -0.2) is 96.7 Å². The molecule has 2 heterocycles. The van der Waals surface area contributed by atoms with Crippen molar-refractivity contribution in [1.82, 2.24) is 0 Å². The molecule has 0 amide bonds. The van der Waals surface area contributed by atoms with Gasteiger partial charge >= 0.3 is 46.9 Å². The number of alkyl halides is 14. The molecule has 196 valence electrons. The number of epoxide rings is 2. The molecule has 6 fully saturated rings. The topological polar surface area (TPSA) is 43.5 Å². The van der Waals surface area contributed by atoms with Gasteiger partial charge in [0.2, 0.25) is 0 Å². The Morgan fingerprint density at radius 2 is 0.735 bits per heavy atom. The molecule has 0 aromatic rings. The van der Waals surface area contributed by atoms with Crippen LogP contribution in [0.1, 0.15) is 0 Å². The summed E-state index contributed by atoms with van der Waals surface area (Å²) >= 11 is 0. The van der Waals surface area contributed by atoms with E-state index in [2.05, 4.69) is 18.9 Å². The van der Waals surface area contributed by atoms with Gasteiger partial charge in [-0.25, -0.2) is 8.78 Å². The maximum atomic E-state index is 15.5.